The monoisotopic (exact) mass is 251 g/mol. The van der Waals surface area contributed by atoms with Crippen LogP contribution in [0.25, 0.3) is 0 Å². The maximum atomic E-state index is 11.0. The summed E-state index contributed by atoms with van der Waals surface area (Å²) in [7, 11) is 1.63. The van der Waals surface area contributed by atoms with Crippen molar-refractivity contribution in [3.63, 3.8) is 0 Å². The summed E-state index contributed by atoms with van der Waals surface area (Å²) in [4.78, 5) is 11.0. The highest BCUT2D eigenvalue weighted by atomic mass is 16.5. The minimum atomic E-state index is 0.0303. The topological polar surface area (TPSA) is 58.6 Å². The van der Waals surface area contributed by atoms with Crippen molar-refractivity contribution in [3.05, 3.63) is 28.8 Å². The first-order valence-electron chi connectivity index (χ1n) is 6.12. The molecule has 0 aliphatic heterocycles. The van der Waals surface area contributed by atoms with Crippen LogP contribution in [0, 0.1) is 13.8 Å². The fraction of sp³-hybridized carbons (Fsp3) is 0.500. The number of aliphatic hydroxyl groups excluding tert-OH is 1. The van der Waals surface area contributed by atoms with Gasteiger partial charge in [-0.1, -0.05) is 12.1 Å². The zero-order chi connectivity index (χ0) is 13.5. The molecule has 0 spiro atoms. The van der Waals surface area contributed by atoms with Crippen molar-refractivity contribution < 1.29 is 14.6 Å². The minimum Gasteiger partial charge on any atom is -0.493 e. The number of rotatable bonds is 6. The van der Waals surface area contributed by atoms with Crippen molar-refractivity contribution in [1.29, 1.82) is 0 Å². The standard InChI is InChI=1S/C14H21NO3/c1-10-7-12(9-16)8-11(2)14(10)18-6-4-5-13(17)15-3/h7-8,16H,4-6,9H2,1-3H3,(H,15,17). The Kier molecular flexibility index (Phi) is 5.65. The Balaban J connectivity index is 2.54. The van der Waals surface area contributed by atoms with Gasteiger partial charge in [0.15, 0.2) is 0 Å². The third-order valence-electron chi connectivity index (χ3n) is 2.78. The van der Waals surface area contributed by atoms with E-state index in [0.717, 1.165) is 22.4 Å². The Hall–Kier alpha value is -1.55. The second-order valence-electron chi connectivity index (χ2n) is 4.34. The normalized spacial score (nSPS) is 10.2. The number of carbonyl (C=O) groups is 1. The molecule has 100 valence electrons. The fourth-order valence-corrected chi connectivity index (χ4v) is 1.89. The van der Waals surface area contributed by atoms with Crippen molar-refractivity contribution in [2.75, 3.05) is 13.7 Å². The summed E-state index contributed by atoms with van der Waals surface area (Å²) in [5.74, 6) is 0.881. The largest absolute Gasteiger partial charge is 0.493 e. The van der Waals surface area contributed by atoms with Crippen LogP contribution in [0.15, 0.2) is 12.1 Å². The van der Waals surface area contributed by atoms with Gasteiger partial charge in [0.25, 0.3) is 0 Å². The fourth-order valence-electron chi connectivity index (χ4n) is 1.89. The summed E-state index contributed by atoms with van der Waals surface area (Å²) in [5.41, 5.74) is 2.92. The molecule has 0 atom stereocenters. The molecule has 0 aromatic heterocycles. The number of amides is 1. The Morgan fingerprint density at radius 3 is 2.44 bits per heavy atom. The number of nitrogens with one attached hydrogen (secondary N) is 1. The molecule has 0 saturated heterocycles. The number of aliphatic hydroxyl groups is 1. The molecule has 1 aromatic carbocycles. The Labute approximate surface area is 108 Å². The highest BCUT2D eigenvalue weighted by Crippen LogP contribution is 2.25. The minimum absolute atomic E-state index is 0.0303. The van der Waals surface area contributed by atoms with E-state index in [4.69, 9.17) is 9.84 Å². The van der Waals surface area contributed by atoms with Gasteiger partial charge in [0, 0.05) is 13.5 Å². The highest BCUT2D eigenvalue weighted by Gasteiger charge is 2.06. The summed E-state index contributed by atoms with van der Waals surface area (Å²) in [6, 6.07) is 3.84. The second-order valence-corrected chi connectivity index (χ2v) is 4.34. The molecule has 0 aliphatic carbocycles. The third-order valence-corrected chi connectivity index (χ3v) is 2.78. The van der Waals surface area contributed by atoms with Gasteiger partial charge in [0.2, 0.25) is 5.91 Å². The molecule has 0 radical (unpaired) electrons. The Bertz CT molecular complexity index is 392. The Morgan fingerprint density at radius 1 is 1.33 bits per heavy atom. The van der Waals surface area contributed by atoms with E-state index < -0.39 is 0 Å². The molecule has 0 fully saturated rings. The van der Waals surface area contributed by atoms with E-state index in [0.29, 0.717) is 19.4 Å². The summed E-state index contributed by atoms with van der Waals surface area (Å²) in [6.07, 6.45) is 1.17. The van der Waals surface area contributed by atoms with Crippen LogP contribution in [0.2, 0.25) is 0 Å². The van der Waals surface area contributed by atoms with Crippen LogP contribution in [-0.4, -0.2) is 24.7 Å². The van der Waals surface area contributed by atoms with Gasteiger partial charge in [0.1, 0.15) is 5.75 Å². The second kappa shape index (κ2) is 7.01. The first-order chi connectivity index (χ1) is 8.58. The number of carbonyl (C=O) groups excluding carboxylic acids is 1. The lowest BCUT2D eigenvalue weighted by Gasteiger charge is -2.13. The van der Waals surface area contributed by atoms with Gasteiger partial charge in [-0.15, -0.1) is 0 Å². The van der Waals surface area contributed by atoms with Crippen molar-refractivity contribution >= 4 is 5.91 Å². The van der Waals surface area contributed by atoms with Crippen LogP contribution in [0.3, 0.4) is 0 Å². The average molecular weight is 251 g/mol. The van der Waals surface area contributed by atoms with Crippen LogP contribution >= 0.6 is 0 Å². The molecule has 0 saturated carbocycles. The first kappa shape index (κ1) is 14.5. The van der Waals surface area contributed by atoms with Crippen molar-refractivity contribution in [1.82, 2.24) is 5.32 Å². The molecule has 2 N–H and O–H groups in total. The predicted molar refractivity (Wildman–Crippen MR) is 70.6 cm³/mol. The van der Waals surface area contributed by atoms with Crippen molar-refractivity contribution in [2.45, 2.75) is 33.3 Å². The number of aryl methyl sites for hydroxylation is 2. The van der Waals surface area contributed by atoms with E-state index in [9.17, 15) is 4.79 Å². The lowest BCUT2D eigenvalue weighted by atomic mass is 10.1. The van der Waals surface area contributed by atoms with E-state index >= 15 is 0 Å². The van der Waals surface area contributed by atoms with Gasteiger partial charge >= 0.3 is 0 Å². The van der Waals surface area contributed by atoms with Crippen LogP contribution in [-0.2, 0) is 11.4 Å². The molecule has 0 aliphatic rings. The lowest BCUT2D eigenvalue weighted by Crippen LogP contribution is -2.18. The quantitative estimate of drug-likeness (QED) is 0.757. The predicted octanol–water partition coefficient (Wildman–Crippen LogP) is 1.70. The smallest absolute Gasteiger partial charge is 0.219 e. The summed E-state index contributed by atoms with van der Waals surface area (Å²) in [5, 5.41) is 11.7. The van der Waals surface area contributed by atoms with Crippen molar-refractivity contribution in [3.8, 4) is 5.75 Å². The van der Waals surface area contributed by atoms with Gasteiger partial charge in [0.05, 0.1) is 13.2 Å². The highest BCUT2D eigenvalue weighted by molar-refractivity contribution is 5.75. The molecule has 1 amide bonds. The molecule has 0 bridgehead atoms. The maximum absolute atomic E-state index is 11.0. The third kappa shape index (κ3) is 4.04. The molecular weight excluding hydrogens is 230 g/mol. The number of ether oxygens (including phenoxy) is 1. The molecule has 18 heavy (non-hydrogen) atoms. The van der Waals surface area contributed by atoms with E-state index in [1.165, 1.54) is 0 Å². The molecule has 1 rings (SSSR count). The average Bonchev–Trinajstić information content (AvgIpc) is 2.36. The van der Waals surface area contributed by atoms with Gasteiger partial charge in [-0.25, -0.2) is 0 Å². The van der Waals surface area contributed by atoms with E-state index in [1.807, 2.05) is 26.0 Å². The zero-order valence-corrected chi connectivity index (χ0v) is 11.2. The van der Waals surface area contributed by atoms with E-state index in [1.54, 1.807) is 7.05 Å². The summed E-state index contributed by atoms with van der Waals surface area (Å²) >= 11 is 0. The number of hydrogen-bond acceptors (Lipinski definition) is 3. The van der Waals surface area contributed by atoms with Crippen LogP contribution in [0.5, 0.6) is 5.75 Å². The Morgan fingerprint density at radius 2 is 1.94 bits per heavy atom. The van der Waals surface area contributed by atoms with E-state index in [-0.39, 0.29) is 12.5 Å². The molecule has 0 heterocycles. The molecule has 4 heteroatoms. The molecule has 4 nitrogen and oxygen atoms in total. The zero-order valence-electron chi connectivity index (χ0n) is 11.2. The summed E-state index contributed by atoms with van der Waals surface area (Å²) < 4.78 is 5.70. The maximum Gasteiger partial charge on any atom is 0.219 e. The van der Waals surface area contributed by atoms with Gasteiger partial charge in [-0.05, 0) is 37.0 Å². The SMILES string of the molecule is CNC(=O)CCCOc1c(C)cc(CO)cc1C. The van der Waals surface area contributed by atoms with Crippen molar-refractivity contribution in [2.24, 2.45) is 0 Å². The molecule has 0 unspecified atom stereocenters. The lowest BCUT2D eigenvalue weighted by molar-refractivity contribution is -0.120. The van der Waals surface area contributed by atoms with Crippen LogP contribution < -0.4 is 10.1 Å². The molecule has 1 aromatic rings. The van der Waals surface area contributed by atoms with E-state index in [2.05, 4.69) is 5.32 Å². The van der Waals surface area contributed by atoms with Crippen LogP contribution in [0.1, 0.15) is 29.5 Å². The van der Waals surface area contributed by atoms with Gasteiger partial charge in [-0.2, -0.15) is 0 Å². The number of benzene rings is 1. The van der Waals surface area contributed by atoms with Gasteiger partial charge in [-0.3, -0.25) is 4.79 Å². The summed E-state index contributed by atoms with van der Waals surface area (Å²) in [6.45, 7) is 4.48. The molecular formula is C14H21NO3. The van der Waals surface area contributed by atoms with Gasteiger partial charge < -0.3 is 15.2 Å². The number of hydrogen-bond donors (Lipinski definition) is 2. The van der Waals surface area contributed by atoms with Crippen LogP contribution in [0.4, 0.5) is 0 Å². The first-order valence-corrected chi connectivity index (χ1v) is 6.12.